The number of aromatic nitrogens is 2. The first kappa shape index (κ1) is 10.2. The molecule has 3 nitrogen and oxygen atoms in total. The maximum absolute atomic E-state index is 9.82. The van der Waals surface area contributed by atoms with Crippen molar-refractivity contribution in [3.05, 3.63) is 53.1 Å². The minimum absolute atomic E-state index is 0.508. The molecule has 1 unspecified atom stereocenters. The van der Waals surface area contributed by atoms with E-state index in [1.165, 1.54) is 0 Å². The lowest BCUT2D eigenvalue weighted by atomic mass is 10.1. The largest absolute Gasteiger partial charge is 0.385 e. The molecule has 1 heterocycles. The minimum Gasteiger partial charge on any atom is -0.385 e. The number of benzene rings is 1. The van der Waals surface area contributed by atoms with E-state index in [1.807, 2.05) is 24.3 Å². The maximum Gasteiger partial charge on any atom is 0.135 e. The van der Waals surface area contributed by atoms with Crippen LogP contribution in [0.25, 0.3) is 0 Å². The van der Waals surface area contributed by atoms with E-state index in [4.69, 9.17) is 11.6 Å². The van der Waals surface area contributed by atoms with Gasteiger partial charge in [0.25, 0.3) is 0 Å². The number of H-pyrrole nitrogens is 1. The lowest BCUT2D eigenvalue weighted by Crippen LogP contribution is -2.03. The lowest BCUT2D eigenvalue weighted by Gasteiger charge is -2.07. The van der Waals surface area contributed by atoms with Crippen LogP contribution in [0.15, 0.2) is 36.7 Å². The first-order valence-electron chi connectivity index (χ1n) is 4.67. The predicted octanol–water partition coefficient (Wildman–Crippen LogP) is 2.34. The van der Waals surface area contributed by atoms with Gasteiger partial charge in [0.2, 0.25) is 0 Å². The molecule has 0 spiro atoms. The summed E-state index contributed by atoms with van der Waals surface area (Å²) in [5, 5.41) is 10.5. The third-order valence-electron chi connectivity index (χ3n) is 2.15. The van der Waals surface area contributed by atoms with Crippen molar-refractivity contribution in [1.82, 2.24) is 9.97 Å². The fourth-order valence-corrected chi connectivity index (χ4v) is 1.66. The molecule has 0 radical (unpaired) electrons. The van der Waals surface area contributed by atoms with E-state index in [-0.39, 0.29) is 0 Å². The Kier molecular flexibility index (Phi) is 3.04. The number of aromatic amines is 1. The Labute approximate surface area is 92.7 Å². The van der Waals surface area contributed by atoms with Gasteiger partial charge in [-0.25, -0.2) is 4.98 Å². The molecule has 2 rings (SSSR count). The van der Waals surface area contributed by atoms with Crippen LogP contribution in [0.4, 0.5) is 0 Å². The van der Waals surface area contributed by atoms with Crippen LogP contribution in [0, 0.1) is 0 Å². The van der Waals surface area contributed by atoms with Crippen molar-refractivity contribution in [3.63, 3.8) is 0 Å². The van der Waals surface area contributed by atoms with Crippen molar-refractivity contribution in [3.8, 4) is 0 Å². The molecule has 1 atom stereocenters. The van der Waals surface area contributed by atoms with Gasteiger partial charge in [0, 0.05) is 23.8 Å². The zero-order valence-corrected chi connectivity index (χ0v) is 8.78. The standard InChI is InChI=1S/C11H11ClN2O/c12-9-3-1-2-8(6-9)7-10(15)11-13-4-5-14-11/h1-6,10,15H,7H2,(H,13,14). The summed E-state index contributed by atoms with van der Waals surface area (Å²) in [6, 6.07) is 7.45. The van der Waals surface area contributed by atoms with E-state index in [0.29, 0.717) is 17.3 Å². The summed E-state index contributed by atoms with van der Waals surface area (Å²) in [4.78, 5) is 6.87. The van der Waals surface area contributed by atoms with Crippen molar-refractivity contribution in [2.24, 2.45) is 0 Å². The van der Waals surface area contributed by atoms with Crippen LogP contribution in [-0.2, 0) is 6.42 Å². The summed E-state index contributed by atoms with van der Waals surface area (Å²) >= 11 is 5.85. The van der Waals surface area contributed by atoms with Crippen LogP contribution in [0.2, 0.25) is 5.02 Å². The molecule has 0 fully saturated rings. The van der Waals surface area contributed by atoms with Gasteiger partial charge >= 0.3 is 0 Å². The van der Waals surface area contributed by atoms with Crippen LogP contribution >= 0.6 is 11.6 Å². The SMILES string of the molecule is OC(Cc1cccc(Cl)c1)c1ncc[nH]1. The summed E-state index contributed by atoms with van der Waals surface area (Å²) < 4.78 is 0. The average molecular weight is 223 g/mol. The van der Waals surface area contributed by atoms with Crippen LogP contribution in [0.5, 0.6) is 0 Å². The zero-order valence-electron chi connectivity index (χ0n) is 8.02. The molecular formula is C11H11ClN2O. The van der Waals surface area contributed by atoms with Crippen LogP contribution in [-0.4, -0.2) is 15.1 Å². The lowest BCUT2D eigenvalue weighted by molar-refractivity contribution is 0.169. The number of hydrogen-bond acceptors (Lipinski definition) is 2. The van der Waals surface area contributed by atoms with Gasteiger partial charge in [-0.3, -0.25) is 0 Å². The van der Waals surface area contributed by atoms with E-state index in [0.717, 1.165) is 5.56 Å². The minimum atomic E-state index is -0.613. The number of nitrogens with zero attached hydrogens (tertiary/aromatic N) is 1. The number of aliphatic hydroxyl groups is 1. The second kappa shape index (κ2) is 4.47. The highest BCUT2D eigenvalue weighted by molar-refractivity contribution is 6.30. The highest BCUT2D eigenvalue weighted by atomic mass is 35.5. The van der Waals surface area contributed by atoms with Gasteiger partial charge in [-0.2, -0.15) is 0 Å². The molecular weight excluding hydrogens is 212 g/mol. The number of hydrogen-bond donors (Lipinski definition) is 2. The van der Waals surface area contributed by atoms with E-state index in [9.17, 15) is 5.11 Å². The Hall–Kier alpha value is -1.32. The van der Waals surface area contributed by atoms with Gasteiger partial charge < -0.3 is 10.1 Å². The Bertz CT molecular complexity index is 428. The first-order valence-corrected chi connectivity index (χ1v) is 5.05. The quantitative estimate of drug-likeness (QED) is 0.838. The van der Waals surface area contributed by atoms with Crippen molar-refractivity contribution in [2.75, 3.05) is 0 Å². The van der Waals surface area contributed by atoms with Gasteiger partial charge in [0.1, 0.15) is 11.9 Å². The number of nitrogens with one attached hydrogen (secondary N) is 1. The van der Waals surface area contributed by atoms with Gasteiger partial charge in [-0.1, -0.05) is 23.7 Å². The molecule has 0 amide bonds. The fourth-order valence-electron chi connectivity index (χ4n) is 1.44. The Morgan fingerprint density at radius 3 is 3.00 bits per heavy atom. The third-order valence-corrected chi connectivity index (χ3v) is 2.39. The fraction of sp³-hybridized carbons (Fsp3) is 0.182. The number of aliphatic hydroxyl groups excluding tert-OH is 1. The van der Waals surface area contributed by atoms with Crippen LogP contribution < -0.4 is 0 Å². The summed E-state index contributed by atoms with van der Waals surface area (Å²) in [7, 11) is 0. The molecule has 0 saturated carbocycles. The summed E-state index contributed by atoms with van der Waals surface area (Å²) in [5.41, 5.74) is 0.992. The van der Waals surface area contributed by atoms with Gasteiger partial charge in [-0.05, 0) is 17.7 Å². The van der Waals surface area contributed by atoms with Crippen molar-refractivity contribution in [2.45, 2.75) is 12.5 Å². The predicted molar refractivity (Wildman–Crippen MR) is 58.7 cm³/mol. The Morgan fingerprint density at radius 1 is 1.47 bits per heavy atom. The number of imidazole rings is 1. The molecule has 0 aliphatic rings. The molecule has 78 valence electrons. The van der Waals surface area contributed by atoms with Crippen LogP contribution in [0.1, 0.15) is 17.5 Å². The average Bonchev–Trinajstić information content (AvgIpc) is 2.70. The van der Waals surface area contributed by atoms with Gasteiger partial charge in [-0.15, -0.1) is 0 Å². The number of rotatable bonds is 3. The summed E-state index contributed by atoms with van der Waals surface area (Å²) in [6.45, 7) is 0. The maximum atomic E-state index is 9.82. The normalized spacial score (nSPS) is 12.7. The molecule has 0 aliphatic heterocycles. The second-order valence-corrected chi connectivity index (χ2v) is 3.76. The molecule has 2 aromatic rings. The molecule has 1 aromatic carbocycles. The first-order chi connectivity index (χ1) is 7.25. The van der Waals surface area contributed by atoms with E-state index in [2.05, 4.69) is 9.97 Å². The monoisotopic (exact) mass is 222 g/mol. The molecule has 15 heavy (non-hydrogen) atoms. The molecule has 0 bridgehead atoms. The van der Waals surface area contributed by atoms with E-state index in [1.54, 1.807) is 12.4 Å². The van der Waals surface area contributed by atoms with Crippen LogP contribution in [0.3, 0.4) is 0 Å². The smallest absolute Gasteiger partial charge is 0.135 e. The molecule has 2 N–H and O–H groups in total. The van der Waals surface area contributed by atoms with E-state index >= 15 is 0 Å². The highest BCUT2D eigenvalue weighted by Crippen LogP contribution is 2.17. The summed E-state index contributed by atoms with van der Waals surface area (Å²) in [5.74, 6) is 0.579. The van der Waals surface area contributed by atoms with Crippen molar-refractivity contribution in [1.29, 1.82) is 0 Å². The molecule has 4 heteroatoms. The topological polar surface area (TPSA) is 48.9 Å². The Balaban J connectivity index is 2.09. The van der Waals surface area contributed by atoms with E-state index < -0.39 is 6.10 Å². The third kappa shape index (κ3) is 2.58. The summed E-state index contributed by atoms with van der Waals surface area (Å²) in [6.07, 6.45) is 3.21. The molecule has 0 saturated heterocycles. The number of halogens is 1. The van der Waals surface area contributed by atoms with Gasteiger partial charge in [0.15, 0.2) is 0 Å². The zero-order chi connectivity index (χ0) is 10.7. The highest BCUT2D eigenvalue weighted by Gasteiger charge is 2.10. The van der Waals surface area contributed by atoms with Crippen molar-refractivity contribution >= 4 is 11.6 Å². The van der Waals surface area contributed by atoms with Gasteiger partial charge in [0.05, 0.1) is 0 Å². The van der Waals surface area contributed by atoms with Crippen molar-refractivity contribution < 1.29 is 5.11 Å². The Morgan fingerprint density at radius 2 is 2.33 bits per heavy atom. The molecule has 1 aromatic heterocycles. The molecule has 0 aliphatic carbocycles. The second-order valence-electron chi connectivity index (χ2n) is 3.32.